The molecule has 0 spiro atoms. The Bertz CT molecular complexity index is 1200. The third kappa shape index (κ3) is 3.65. The van der Waals surface area contributed by atoms with Gasteiger partial charge >= 0.3 is 0 Å². The van der Waals surface area contributed by atoms with E-state index in [1.165, 1.54) is 16.2 Å². The van der Waals surface area contributed by atoms with Crippen LogP contribution in [-0.2, 0) is 9.59 Å². The molecule has 1 fully saturated rings. The van der Waals surface area contributed by atoms with Crippen LogP contribution in [0.25, 0.3) is 5.76 Å². The van der Waals surface area contributed by atoms with E-state index in [2.05, 4.69) is 0 Å². The Morgan fingerprint density at radius 2 is 1.81 bits per heavy atom. The maximum Gasteiger partial charge on any atom is 0.300 e. The third-order valence-electron chi connectivity index (χ3n) is 5.59. The molecule has 0 radical (unpaired) electrons. The number of ether oxygens (including phenoxy) is 1. The molecule has 1 N–H and O–H groups in total. The highest BCUT2D eigenvalue weighted by Gasteiger charge is 2.47. The van der Waals surface area contributed by atoms with Gasteiger partial charge in [-0.15, -0.1) is 11.3 Å². The summed E-state index contributed by atoms with van der Waals surface area (Å²) in [5, 5.41) is 13.1. The Morgan fingerprint density at radius 1 is 1.09 bits per heavy atom. The minimum Gasteiger partial charge on any atom is -0.507 e. The SMILES string of the molecule is COc1ccc(/C(O)=C2/C(=O)C(=O)N(c3ccc(N(C)C)cc3)C2c2cccs2)c(C)c1. The van der Waals surface area contributed by atoms with Crippen molar-refractivity contribution in [1.29, 1.82) is 0 Å². The number of carbonyl (C=O) groups is 2. The van der Waals surface area contributed by atoms with Gasteiger partial charge in [-0.2, -0.15) is 0 Å². The smallest absolute Gasteiger partial charge is 0.300 e. The van der Waals surface area contributed by atoms with Crippen LogP contribution in [0.15, 0.2) is 65.6 Å². The predicted octanol–water partition coefficient (Wildman–Crippen LogP) is 4.76. The van der Waals surface area contributed by atoms with E-state index in [1.807, 2.05) is 67.7 Å². The molecule has 1 aliphatic heterocycles. The highest BCUT2D eigenvalue weighted by molar-refractivity contribution is 7.10. The number of aryl methyl sites for hydroxylation is 1. The Morgan fingerprint density at radius 3 is 2.38 bits per heavy atom. The zero-order chi connectivity index (χ0) is 23.0. The molecule has 32 heavy (non-hydrogen) atoms. The fraction of sp³-hybridized carbons (Fsp3) is 0.200. The number of benzene rings is 2. The van der Waals surface area contributed by atoms with Crippen molar-refractivity contribution >= 4 is 40.2 Å². The van der Waals surface area contributed by atoms with Crippen LogP contribution in [0.3, 0.4) is 0 Å². The summed E-state index contributed by atoms with van der Waals surface area (Å²) in [6.07, 6.45) is 0. The fourth-order valence-corrected chi connectivity index (χ4v) is 4.72. The second-order valence-corrected chi connectivity index (χ2v) is 8.76. The first-order valence-electron chi connectivity index (χ1n) is 10.1. The minimum atomic E-state index is -0.707. The maximum absolute atomic E-state index is 13.2. The first-order chi connectivity index (χ1) is 15.3. The number of carbonyl (C=O) groups excluding carboxylic acids is 2. The number of thiophene rings is 1. The van der Waals surface area contributed by atoms with Gasteiger partial charge in [-0.1, -0.05) is 6.07 Å². The molecule has 0 bridgehead atoms. The van der Waals surface area contributed by atoms with Crippen molar-refractivity contribution in [3.8, 4) is 5.75 Å². The van der Waals surface area contributed by atoms with E-state index >= 15 is 0 Å². The van der Waals surface area contributed by atoms with E-state index in [-0.39, 0.29) is 11.3 Å². The van der Waals surface area contributed by atoms with Crippen LogP contribution in [0.2, 0.25) is 0 Å². The van der Waals surface area contributed by atoms with Crippen LogP contribution >= 0.6 is 11.3 Å². The van der Waals surface area contributed by atoms with Crippen molar-refractivity contribution in [2.75, 3.05) is 31.0 Å². The average molecular weight is 449 g/mol. The summed E-state index contributed by atoms with van der Waals surface area (Å²) in [6.45, 7) is 1.83. The Labute approximate surface area is 191 Å². The van der Waals surface area contributed by atoms with Crippen LogP contribution in [0.1, 0.15) is 22.0 Å². The molecule has 0 aliphatic carbocycles. The van der Waals surface area contributed by atoms with Crippen molar-refractivity contribution in [2.45, 2.75) is 13.0 Å². The zero-order valence-corrected chi connectivity index (χ0v) is 19.1. The summed E-state index contributed by atoms with van der Waals surface area (Å²) in [5.74, 6) is -0.897. The molecule has 4 rings (SSSR count). The van der Waals surface area contributed by atoms with Crippen LogP contribution in [-0.4, -0.2) is 38.0 Å². The summed E-state index contributed by atoms with van der Waals surface area (Å²) in [5.41, 5.74) is 2.90. The van der Waals surface area contributed by atoms with Gasteiger partial charge < -0.3 is 14.7 Å². The molecule has 164 valence electrons. The second-order valence-electron chi connectivity index (χ2n) is 7.78. The molecule has 1 aliphatic rings. The van der Waals surface area contributed by atoms with Crippen molar-refractivity contribution in [1.82, 2.24) is 0 Å². The van der Waals surface area contributed by atoms with E-state index in [0.29, 0.717) is 17.0 Å². The molecule has 0 saturated carbocycles. The largest absolute Gasteiger partial charge is 0.507 e. The molecular formula is C25H24N2O4S. The highest BCUT2D eigenvalue weighted by Crippen LogP contribution is 2.44. The summed E-state index contributed by atoms with van der Waals surface area (Å²) < 4.78 is 5.25. The van der Waals surface area contributed by atoms with Crippen LogP contribution in [0.4, 0.5) is 11.4 Å². The van der Waals surface area contributed by atoms with Gasteiger partial charge in [-0.25, -0.2) is 0 Å². The molecule has 1 unspecified atom stereocenters. The molecule has 2 heterocycles. The van der Waals surface area contributed by atoms with Gasteiger partial charge in [0.1, 0.15) is 17.6 Å². The van der Waals surface area contributed by atoms with Crippen molar-refractivity contribution in [3.05, 3.63) is 81.6 Å². The number of methoxy groups -OCH3 is 1. The summed E-state index contributed by atoms with van der Waals surface area (Å²) in [7, 11) is 5.44. The lowest BCUT2D eigenvalue weighted by Gasteiger charge is -2.25. The van der Waals surface area contributed by atoms with Gasteiger partial charge in [-0.05, 0) is 66.4 Å². The number of ketones is 1. The summed E-state index contributed by atoms with van der Waals surface area (Å²) >= 11 is 1.44. The highest BCUT2D eigenvalue weighted by atomic mass is 32.1. The number of aliphatic hydroxyl groups excluding tert-OH is 1. The normalized spacial score (nSPS) is 17.6. The molecule has 1 atom stereocenters. The first-order valence-corrected chi connectivity index (χ1v) is 11.0. The van der Waals surface area contributed by atoms with E-state index in [4.69, 9.17) is 4.74 Å². The fourth-order valence-electron chi connectivity index (χ4n) is 3.90. The van der Waals surface area contributed by atoms with Gasteiger partial charge in [0.2, 0.25) is 0 Å². The summed E-state index contributed by atoms with van der Waals surface area (Å²) in [6, 6.07) is 15.7. The van der Waals surface area contributed by atoms with E-state index < -0.39 is 17.7 Å². The molecule has 1 aromatic heterocycles. The van der Waals surface area contributed by atoms with Crippen LogP contribution in [0, 0.1) is 6.92 Å². The molecule has 7 heteroatoms. The summed E-state index contributed by atoms with van der Waals surface area (Å²) in [4.78, 5) is 30.6. The topological polar surface area (TPSA) is 70.1 Å². The minimum absolute atomic E-state index is 0.0856. The monoisotopic (exact) mass is 448 g/mol. The van der Waals surface area contributed by atoms with Gasteiger partial charge in [0.05, 0.1) is 12.7 Å². The van der Waals surface area contributed by atoms with E-state index in [1.54, 1.807) is 25.3 Å². The van der Waals surface area contributed by atoms with Gasteiger partial charge in [0.25, 0.3) is 11.7 Å². The predicted molar refractivity (Wildman–Crippen MR) is 128 cm³/mol. The number of amides is 1. The molecule has 3 aromatic rings. The molecular weight excluding hydrogens is 424 g/mol. The number of aliphatic hydroxyl groups is 1. The Hall–Kier alpha value is -3.58. The Balaban J connectivity index is 1.88. The number of anilines is 2. The average Bonchev–Trinajstić information content (AvgIpc) is 3.40. The molecule has 2 aromatic carbocycles. The molecule has 6 nitrogen and oxygen atoms in total. The lowest BCUT2D eigenvalue weighted by molar-refractivity contribution is -0.132. The van der Waals surface area contributed by atoms with Crippen LogP contribution < -0.4 is 14.5 Å². The number of nitrogens with zero attached hydrogens (tertiary/aromatic N) is 2. The van der Waals surface area contributed by atoms with Crippen molar-refractivity contribution in [3.63, 3.8) is 0 Å². The number of hydrogen-bond acceptors (Lipinski definition) is 6. The van der Waals surface area contributed by atoms with E-state index in [0.717, 1.165) is 16.1 Å². The maximum atomic E-state index is 13.2. The quantitative estimate of drug-likeness (QED) is 0.346. The lowest BCUT2D eigenvalue weighted by atomic mass is 9.97. The zero-order valence-electron chi connectivity index (χ0n) is 18.3. The standard InChI is InChI=1S/C25H24N2O4S/c1-15-14-18(31-4)11-12-19(15)23(28)21-22(20-6-5-13-32-20)27(25(30)24(21)29)17-9-7-16(8-10-17)26(2)3/h5-14,22,28H,1-4H3/b23-21-. The van der Waals surface area contributed by atoms with Gasteiger partial charge in [0, 0.05) is 35.9 Å². The Kier molecular flexibility index (Phi) is 5.76. The molecule has 1 amide bonds. The number of rotatable bonds is 5. The first kappa shape index (κ1) is 21.6. The lowest BCUT2D eigenvalue weighted by Crippen LogP contribution is -2.29. The molecule has 1 saturated heterocycles. The van der Waals surface area contributed by atoms with Gasteiger partial charge in [-0.3, -0.25) is 14.5 Å². The van der Waals surface area contributed by atoms with Crippen LogP contribution in [0.5, 0.6) is 5.75 Å². The van der Waals surface area contributed by atoms with Crippen molar-refractivity contribution < 1.29 is 19.4 Å². The number of hydrogen-bond donors (Lipinski definition) is 1. The van der Waals surface area contributed by atoms with Crippen molar-refractivity contribution in [2.24, 2.45) is 0 Å². The third-order valence-corrected chi connectivity index (χ3v) is 6.51. The number of Topliss-reactive ketones (excluding diaryl/α,β-unsaturated/α-hetero) is 1. The van der Waals surface area contributed by atoms with E-state index in [9.17, 15) is 14.7 Å². The van der Waals surface area contributed by atoms with Gasteiger partial charge in [0.15, 0.2) is 0 Å². The second kappa shape index (κ2) is 8.51.